The number of carbonyl (C=O) groups excluding carboxylic acids is 5. The van der Waals surface area contributed by atoms with E-state index in [0.717, 1.165) is 0 Å². The number of ether oxygens (including phenoxy) is 4. The molecule has 0 amide bonds. The van der Waals surface area contributed by atoms with Gasteiger partial charge in [-0.15, -0.1) is 0 Å². The molecule has 0 saturated carbocycles. The molecule has 10 nitrogen and oxygen atoms in total. The van der Waals surface area contributed by atoms with Crippen LogP contribution in [0.1, 0.15) is 27.7 Å². The lowest BCUT2D eigenvalue weighted by molar-refractivity contribution is -0.152. The Morgan fingerprint density at radius 1 is 0.800 bits per heavy atom. The predicted molar refractivity (Wildman–Crippen MR) is 98.7 cm³/mol. The summed E-state index contributed by atoms with van der Waals surface area (Å²) in [5.74, 6) is -10.4. The number of aliphatic hydroxyl groups is 1. The third-order valence-corrected chi connectivity index (χ3v) is 4.70. The molecule has 0 fully saturated rings. The van der Waals surface area contributed by atoms with Crippen molar-refractivity contribution in [2.45, 2.75) is 27.7 Å². The summed E-state index contributed by atoms with van der Waals surface area (Å²) < 4.78 is 19.8. The predicted octanol–water partition coefficient (Wildman–Crippen LogP) is 0.792. The van der Waals surface area contributed by atoms with Crippen LogP contribution in [0.25, 0.3) is 0 Å². The number of hydrogen-bond acceptors (Lipinski definition) is 10. The summed E-state index contributed by atoms with van der Waals surface area (Å²) in [5.41, 5.74) is -1.23. The third kappa shape index (κ3) is 3.81. The van der Waals surface area contributed by atoms with E-state index in [2.05, 4.69) is 0 Å². The molecule has 3 atom stereocenters. The summed E-state index contributed by atoms with van der Waals surface area (Å²) in [6, 6.07) is 0. The van der Waals surface area contributed by atoms with Gasteiger partial charge in [-0.2, -0.15) is 0 Å². The average Bonchev–Trinajstić information content (AvgIpc) is 3.11. The van der Waals surface area contributed by atoms with Crippen LogP contribution >= 0.6 is 0 Å². The van der Waals surface area contributed by atoms with Crippen molar-refractivity contribution in [1.82, 2.24) is 0 Å². The van der Waals surface area contributed by atoms with Crippen LogP contribution in [0.5, 0.6) is 0 Å². The van der Waals surface area contributed by atoms with Gasteiger partial charge in [0.2, 0.25) is 0 Å². The summed E-state index contributed by atoms with van der Waals surface area (Å²) >= 11 is 0. The molecule has 0 aliphatic heterocycles. The maximum atomic E-state index is 13.0. The first kappa shape index (κ1) is 23.1. The van der Waals surface area contributed by atoms with E-state index >= 15 is 0 Å². The molecule has 0 saturated heterocycles. The first-order valence-electron chi connectivity index (χ1n) is 9.65. The van der Waals surface area contributed by atoms with Crippen molar-refractivity contribution < 1.29 is 48.0 Å². The molecule has 0 spiro atoms. The quantitative estimate of drug-likeness (QED) is 0.257. The average molecular weight is 424 g/mol. The second kappa shape index (κ2) is 9.55. The Bertz CT molecular complexity index is 835. The maximum Gasteiger partial charge on any atom is 0.341 e. The highest BCUT2D eigenvalue weighted by molar-refractivity contribution is 6.27. The van der Waals surface area contributed by atoms with Crippen LogP contribution in [0, 0.1) is 17.8 Å². The molecule has 0 aromatic heterocycles. The third-order valence-electron chi connectivity index (χ3n) is 4.70. The van der Waals surface area contributed by atoms with Crippen LogP contribution in [0.4, 0.5) is 0 Å². The Balaban J connectivity index is 2.75. The van der Waals surface area contributed by atoms with E-state index in [4.69, 9.17) is 18.9 Å². The minimum absolute atomic E-state index is 0.0563. The Morgan fingerprint density at radius 2 is 1.30 bits per heavy atom. The number of esters is 4. The number of hydrogen-bond donors (Lipinski definition) is 1. The number of fused-ring (bicyclic) bond motifs is 1. The first-order valence-corrected chi connectivity index (χ1v) is 9.65. The molecule has 1 N–H and O–H groups in total. The van der Waals surface area contributed by atoms with Gasteiger partial charge in [-0.3, -0.25) is 14.4 Å². The summed E-state index contributed by atoms with van der Waals surface area (Å²) in [4.78, 5) is 63.3. The van der Waals surface area contributed by atoms with Gasteiger partial charge in [0.25, 0.3) is 0 Å². The highest BCUT2D eigenvalue weighted by Gasteiger charge is 2.61. The molecule has 2 rings (SSSR count). The number of ketones is 1. The van der Waals surface area contributed by atoms with Crippen LogP contribution in [0.15, 0.2) is 22.5 Å². The van der Waals surface area contributed by atoms with E-state index < -0.39 is 64.3 Å². The van der Waals surface area contributed by atoms with E-state index in [9.17, 15) is 29.1 Å². The molecule has 10 heteroatoms. The summed E-state index contributed by atoms with van der Waals surface area (Å²) in [7, 11) is 0. The van der Waals surface area contributed by atoms with Gasteiger partial charge in [-0.25, -0.2) is 9.59 Å². The highest BCUT2D eigenvalue weighted by atomic mass is 16.5. The van der Waals surface area contributed by atoms with Crippen molar-refractivity contribution in [2.24, 2.45) is 17.8 Å². The minimum atomic E-state index is -1.64. The normalized spacial score (nSPS) is 22.7. The van der Waals surface area contributed by atoms with Crippen LogP contribution in [-0.2, 0) is 42.9 Å². The molecule has 0 aromatic carbocycles. The van der Waals surface area contributed by atoms with Gasteiger partial charge in [0.1, 0.15) is 23.2 Å². The zero-order chi connectivity index (χ0) is 22.6. The molecular formula is C20H24O10. The van der Waals surface area contributed by atoms with Crippen LogP contribution < -0.4 is 0 Å². The molecule has 30 heavy (non-hydrogen) atoms. The largest absolute Gasteiger partial charge is 0.510 e. The summed E-state index contributed by atoms with van der Waals surface area (Å²) in [5, 5.41) is 10.7. The number of carbonyl (C=O) groups is 5. The molecule has 0 radical (unpaired) electrons. The van der Waals surface area contributed by atoms with Crippen molar-refractivity contribution in [3.8, 4) is 0 Å². The van der Waals surface area contributed by atoms with E-state index in [1.165, 1.54) is 27.7 Å². The number of Topliss-reactive ketones (excluding diaryl/α,β-unsaturated/α-hetero) is 1. The van der Waals surface area contributed by atoms with Crippen molar-refractivity contribution in [3.63, 3.8) is 0 Å². The van der Waals surface area contributed by atoms with Gasteiger partial charge in [0.15, 0.2) is 5.78 Å². The fraction of sp³-hybridized carbons (Fsp3) is 0.550. The second-order valence-corrected chi connectivity index (χ2v) is 6.33. The number of aliphatic hydroxyl groups excluding tert-OH is 1. The van der Waals surface area contributed by atoms with Gasteiger partial charge < -0.3 is 24.1 Å². The molecule has 0 aromatic rings. The van der Waals surface area contributed by atoms with E-state index in [1.807, 2.05) is 0 Å². The Kier molecular flexibility index (Phi) is 7.36. The Morgan fingerprint density at radius 3 is 1.83 bits per heavy atom. The van der Waals surface area contributed by atoms with Gasteiger partial charge in [0.05, 0.1) is 32.0 Å². The molecular weight excluding hydrogens is 400 g/mol. The molecule has 0 bridgehead atoms. The lowest BCUT2D eigenvalue weighted by Crippen LogP contribution is -2.32. The van der Waals surface area contributed by atoms with Crippen molar-refractivity contribution in [2.75, 3.05) is 26.4 Å². The van der Waals surface area contributed by atoms with E-state index in [1.54, 1.807) is 0 Å². The smallest absolute Gasteiger partial charge is 0.341 e. The molecule has 0 unspecified atom stereocenters. The summed E-state index contributed by atoms with van der Waals surface area (Å²) in [6.07, 6.45) is 0. The zero-order valence-electron chi connectivity index (χ0n) is 17.2. The standard InChI is InChI=1S/C20H24O10/c1-5-27-17(23)11-9-10(13(15(11)21)19(25)29-7-3)14(20(26)30-8-4)16(22)12(9)18(24)28-6-2/h9,11,14,22H,5-8H2,1-4H3/t9-,11+,14+/m1/s1. The van der Waals surface area contributed by atoms with Crippen molar-refractivity contribution >= 4 is 29.7 Å². The Labute approximate surface area is 172 Å². The van der Waals surface area contributed by atoms with Crippen LogP contribution in [-0.4, -0.2) is 61.2 Å². The molecule has 2 aliphatic carbocycles. The Hall–Kier alpha value is -3.17. The topological polar surface area (TPSA) is 143 Å². The van der Waals surface area contributed by atoms with Gasteiger partial charge in [0, 0.05) is 5.92 Å². The van der Waals surface area contributed by atoms with Gasteiger partial charge in [-0.05, 0) is 33.3 Å². The number of rotatable bonds is 8. The summed E-state index contributed by atoms with van der Waals surface area (Å²) in [6.45, 7) is 5.83. The van der Waals surface area contributed by atoms with Crippen LogP contribution in [0.2, 0.25) is 0 Å². The molecule has 164 valence electrons. The fourth-order valence-electron chi connectivity index (χ4n) is 3.69. The second-order valence-electron chi connectivity index (χ2n) is 6.33. The van der Waals surface area contributed by atoms with E-state index in [0.29, 0.717) is 0 Å². The molecule has 2 aliphatic rings. The van der Waals surface area contributed by atoms with Gasteiger partial charge in [-0.1, -0.05) is 0 Å². The lowest BCUT2D eigenvalue weighted by Gasteiger charge is -2.18. The maximum absolute atomic E-state index is 13.0. The lowest BCUT2D eigenvalue weighted by atomic mass is 9.86. The SMILES string of the molecule is CCOC(=O)C1=C2[C@H](C(=O)OCC)C(O)=C(C(=O)OCC)[C@H]2[C@H](C(=O)OCC)C1=O. The van der Waals surface area contributed by atoms with Crippen molar-refractivity contribution in [1.29, 1.82) is 0 Å². The van der Waals surface area contributed by atoms with Gasteiger partial charge >= 0.3 is 23.9 Å². The monoisotopic (exact) mass is 424 g/mol. The zero-order valence-corrected chi connectivity index (χ0v) is 17.2. The fourth-order valence-corrected chi connectivity index (χ4v) is 3.69. The first-order chi connectivity index (χ1) is 14.3. The minimum Gasteiger partial charge on any atom is -0.510 e. The highest BCUT2D eigenvalue weighted by Crippen LogP contribution is 2.52. The van der Waals surface area contributed by atoms with E-state index in [-0.39, 0.29) is 32.0 Å². The van der Waals surface area contributed by atoms with Crippen molar-refractivity contribution in [3.05, 3.63) is 22.5 Å². The van der Waals surface area contributed by atoms with Crippen LogP contribution in [0.3, 0.4) is 0 Å². The molecule has 0 heterocycles.